The van der Waals surface area contributed by atoms with E-state index in [0.29, 0.717) is 6.54 Å². The molecule has 1 unspecified atom stereocenters. The lowest BCUT2D eigenvalue weighted by molar-refractivity contribution is -0.117. The van der Waals surface area contributed by atoms with Crippen LogP contribution in [0.2, 0.25) is 0 Å². The number of carboxylic acid groups (broad SMARTS) is 1. The molecule has 0 radical (unpaired) electrons. The lowest BCUT2D eigenvalue weighted by Crippen LogP contribution is -2.26. The molecule has 1 fully saturated rings. The minimum Gasteiger partial charge on any atom is -0.478 e. The lowest BCUT2D eigenvalue weighted by atomic mass is 10.1. The number of hydrogen-bond donors (Lipinski definition) is 2. The first-order valence-electron chi connectivity index (χ1n) is 5.00. The fraction of sp³-hybridized carbons (Fsp3) is 0.273. The van der Waals surface area contributed by atoms with E-state index in [0.717, 1.165) is 18.2 Å². The van der Waals surface area contributed by atoms with Gasteiger partial charge in [0.05, 0.1) is 11.3 Å². The van der Waals surface area contributed by atoms with Crippen molar-refractivity contribution >= 4 is 30.2 Å². The fourth-order valence-corrected chi connectivity index (χ4v) is 2.15. The summed E-state index contributed by atoms with van der Waals surface area (Å²) < 4.78 is 13.1. The Kier molecular flexibility index (Phi) is 3.06. The molecule has 1 N–H and O–H groups in total. The summed E-state index contributed by atoms with van der Waals surface area (Å²) in [6.07, 6.45) is 0.235. The van der Waals surface area contributed by atoms with Crippen molar-refractivity contribution in [3.8, 4) is 0 Å². The third kappa shape index (κ3) is 2.26. The average molecular weight is 255 g/mol. The van der Waals surface area contributed by atoms with E-state index in [9.17, 15) is 14.0 Å². The van der Waals surface area contributed by atoms with Crippen LogP contribution in [0.15, 0.2) is 18.2 Å². The third-order valence-electron chi connectivity index (χ3n) is 2.59. The number of nitrogens with zero attached hydrogens (tertiary/aromatic N) is 1. The second-order valence-electron chi connectivity index (χ2n) is 3.83. The van der Waals surface area contributed by atoms with E-state index in [1.807, 2.05) is 0 Å². The van der Waals surface area contributed by atoms with Crippen LogP contribution in [0.4, 0.5) is 10.1 Å². The number of carboxylic acids is 1. The van der Waals surface area contributed by atoms with Crippen LogP contribution < -0.4 is 4.90 Å². The molecule has 90 valence electrons. The molecule has 1 heterocycles. The van der Waals surface area contributed by atoms with Crippen LogP contribution in [0, 0.1) is 5.82 Å². The normalized spacial score (nSPS) is 19.8. The van der Waals surface area contributed by atoms with Crippen LogP contribution in [0.5, 0.6) is 0 Å². The van der Waals surface area contributed by atoms with E-state index in [4.69, 9.17) is 5.11 Å². The topological polar surface area (TPSA) is 57.6 Å². The first kappa shape index (κ1) is 11.9. The minimum atomic E-state index is -1.18. The zero-order chi connectivity index (χ0) is 12.6. The van der Waals surface area contributed by atoms with Gasteiger partial charge in [-0.05, 0) is 18.2 Å². The predicted molar refractivity (Wildman–Crippen MR) is 63.1 cm³/mol. The van der Waals surface area contributed by atoms with Gasteiger partial charge in [-0.15, -0.1) is 0 Å². The molecule has 1 aliphatic heterocycles. The Morgan fingerprint density at radius 1 is 1.53 bits per heavy atom. The van der Waals surface area contributed by atoms with Crippen molar-refractivity contribution in [2.75, 3.05) is 11.4 Å². The van der Waals surface area contributed by atoms with Crippen LogP contribution >= 0.6 is 12.6 Å². The van der Waals surface area contributed by atoms with Crippen LogP contribution in [-0.4, -0.2) is 28.8 Å². The van der Waals surface area contributed by atoms with E-state index in [1.54, 1.807) is 0 Å². The summed E-state index contributed by atoms with van der Waals surface area (Å²) in [6.45, 7) is 0.297. The quantitative estimate of drug-likeness (QED) is 0.788. The number of aromatic carboxylic acids is 1. The van der Waals surface area contributed by atoms with Crippen molar-refractivity contribution in [1.82, 2.24) is 0 Å². The van der Waals surface area contributed by atoms with Crippen molar-refractivity contribution in [3.63, 3.8) is 0 Å². The molecule has 0 bridgehead atoms. The van der Waals surface area contributed by atoms with Gasteiger partial charge in [-0.2, -0.15) is 12.6 Å². The van der Waals surface area contributed by atoms with Crippen molar-refractivity contribution in [2.24, 2.45) is 0 Å². The van der Waals surface area contributed by atoms with E-state index in [1.165, 1.54) is 4.90 Å². The van der Waals surface area contributed by atoms with Gasteiger partial charge in [0.2, 0.25) is 5.91 Å². The summed E-state index contributed by atoms with van der Waals surface area (Å²) >= 11 is 4.17. The predicted octanol–water partition coefficient (Wildman–Crippen LogP) is 1.56. The Hall–Kier alpha value is -1.56. The molecule has 2 rings (SSSR count). The number of halogens is 1. The van der Waals surface area contributed by atoms with Crippen LogP contribution in [-0.2, 0) is 4.79 Å². The molecule has 1 aromatic carbocycles. The first-order valence-corrected chi connectivity index (χ1v) is 5.52. The highest BCUT2D eigenvalue weighted by molar-refractivity contribution is 7.81. The summed E-state index contributed by atoms with van der Waals surface area (Å²) in [5, 5.41) is 8.84. The van der Waals surface area contributed by atoms with E-state index >= 15 is 0 Å². The van der Waals surface area contributed by atoms with Gasteiger partial charge in [0.1, 0.15) is 5.82 Å². The first-order chi connectivity index (χ1) is 7.99. The van der Waals surface area contributed by atoms with Crippen molar-refractivity contribution in [3.05, 3.63) is 29.6 Å². The van der Waals surface area contributed by atoms with Gasteiger partial charge in [-0.25, -0.2) is 9.18 Å². The molecule has 0 aliphatic carbocycles. The molecule has 6 heteroatoms. The minimum absolute atomic E-state index is 0.0813. The molecule has 0 spiro atoms. The monoisotopic (exact) mass is 255 g/mol. The highest BCUT2D eigenvalue weighted by atomic mass is 32.1. The molecule has 4 nitrogen and oxygen atoms in total. The molecular formula is C11H10FNO3S. The van der Waals surface area contributed by atoms with E-state index in [2.05, 4.69) is 12.6 Å². The smallest absolute Gasteiger partial charge is 0.337 e. The summed E-state index contributed by atoms with van der Waals surface area (Å²) in [6, 6.07) is 3.28. The molecule has 1 amide bonds. The Balaban J connectivity index is 2.46. The summed E-state index contributed by atoms with van der Waals surface area (Å²) in [7, 11) is 0. The maximum Gasteiger partial charge on any atom is 0.337 e. The third-order valence-corrected chi connectivity index (χ3v) is 2.93. The number of thiol groups is 1. The zero-order valence-electron chi connectivity index (χ0n) is 8.76. The van der Waals surface area contributed by atoms with Gasteiger partial charge in [0.15, 0.2) is 0 Å². The van der Waals surface area contributed by atoms with Crippen molar-refractivity contribution < 1.29 is 19.1 Å². The summed E-state index contributed by atoms with van der Waals surface area (Å²) in [5.41, 5.74) is 0.0150. The maximum atomic E-state index is 13.1. The Labute approximate surface area is 102 Å². The second kappa shape index (κ2) is 4.37. The average Bonchev–Trinajstić information content (AvgIpc) is 2.57. The molecule has 1 atom stereocenters. The molecule has 1 aromatic rings. The van der Waals surface area contributed by atoms with Crippen molar-refractivity contribution in [2.45, 2.75) is 11.7 Å². The zero-order valence-corrected chi connectivity index (χ0v) is 9.65. The Morgan fingerprint density at radius 2 is 2.24 bits per heavy atom. The standard InChI is InChI=1S/C11H10FNO3S/c12-6-1-2-8(11(15)16)9(3-6)13-5-7(17)4-10(13)14/h1-3,7,17H,4-5H2,(H,15,16). The van der Waals surface area contributed by atoms with Crippen LogP contribution in [0.1, 0.15) is 16.8 Å². The van der Waals surface area contributed by atoms with Crippen LogP contribution in [0.25, 0.3) is 0 Å². The number of carbonyl (C=O) groups is 2. The SMILES string of the molecule is O=C(O)c1ccc(F)cc1N1CC(S)CC1=O. The number of carbonyl (C=O) groups excluding carboxylic acids is 1. The number of hydrogen-bond acceptors (Lipinski definition) is 3. The summed E-state index contributed by atoms with van der Waals surface area (Å²) in [4.78, 5) is 23.9. The van der Waals surface area contributed by atoms with E-state index in [-0.39, 0.29) is 28.8 Å². The van der Waals surface area contributed by atoms with Gasteiger partial charge >= 0.3 is 5.97 Å². The molecule has 1 aliphatic rings. The Bertz CT molecular complexity index is 492. The van der Waals surface area contributed by atoms with Crippen molar-refractivity contribution in [1.29, 1.82) is 0 Å². The molecule has 17 heavy (non-hydrogen) atoms. The summed E-state index contributed by atoms with van der Waals surface area (Å²) in [5.74, 6) is -1.99. The molecule has 0 aromatic heterocycles. The van der Waals surface area contributed by atoms with Gasteiger partial charge in [0.25, 0.3) is 0 Å². The molecule has 0 saturated carbocycles. The lowest BCUT2D eigenvalue weighted by Gasteiger charge is -2.18. The van der Waals surface area contributed by atoms with Gasteiger partial charge in [-0.1, -0.05) is 0 Å². The molecular weight excluding hydrogens is 245 g/mol. The highest BCUT2D eigenvalue weighted by Gasteiger charge is 2.31. The van der Waals surface area contributed by atoms with Gasteiger partial charge < -0.3 is 10.0 Å². The van der Waals surface area contributed by atoms with Gasteiger partial charge in [0, 0.05) is 18.2 Å². The number of rotatable bonds is 2. The maximum absolute atomic E-state index is 13.1. The highest BCUT2D eigenvalue weighted by Crippen LogP contribution is 2.28. The number of amides is 1. The Morgan fingerprint density at radius 3 is 2.76 bits per heavy atom. The van der Waals surface area contributed by atoms with Crippen LogP contribution in [0.3, 0.4) is 0 Å². The second-order valence-corrected chi connectivity index (χ2v) is 4.56. The van der Waals surface area contributed by atoms with E-state index < -0.39 is 11.8 Å². The molecule has 1 saturated heterocycles. The number of anilines is 1. The van der Waals surface area contributed by atoms with Gasteiger partial charge in [-0.3, -0.25) is 4.79 Å². The number of benzene rings is 1. The largest absolute Gasteiger partial charge is 0.478 e. The fourth-order valence-electron chi connectivity index (χ4n) is 1.83.